The molecule has 0 aliphatic rings. The van der Waals surface area contributed by atoms with Crippen LogP contribution in [0.2, 0.25) is 0 Å². The van der Waals surface area contributed by atoms with E-state index in [2.05, 4.69) is 32.0 Å². The van der Waals surface area contributed by atoms with Crippen LogP contribution in [0, 0.1) is 13.5 Å². The Labute approximate surface area is 117 Å². The lowest BCUT2D eigenvalue weighted by molar-refractivity contribution is 0.871. The second-order valence-electron chi connectivity index (χ2n) is 4.68. The highest BCUT2D eigenvalue weighted by atomic mass is 15.1. The molecule has 0 atom stereocenters. The number of rotatable bonds is 2. The first-order chi connectivity index (χ1) is 9.70. The smallest absolute Gasteiger partial charge is 0.187 e. The van der Waals surface area contributed by atoms with E-state index in [1.807, 2.05) is 37.6 Å². The third-order valence-corrected chi connectivity index (χ3v) is 3.49. The molecule has 0 bridgehead atoms. The fourth-order valence-corrected chi connectivity index (χ4v) is 2.28. The molecule has 0 aliphatic heterocycles. The van der Waals surface area contributed by atoms with Crippen molar-refractivity contribution in [2.75, 3.05) is 0 Å². The molecule has 2 heterocycles. The van der Waals surface area contributed by atoms with Gasteiger partial charge in [-0.2, -0.15) is 0 Å². The summed E-state index contributed by atoms with van der Waals surface area (Å²) in [5.74, 6) is 0.852. The summed E-state index contributed by atoms with van der Waals surface area (Å²) in [6, 6.07) is 9.60. The van der Waals surface area contributed by atoms with Crippen molar-refractivity contribution in [2.45, 2.75) is 6.92 Å². The molecular weight excluding hydrogens is 248 g/mol. The Kier molecular flexibility index (Phi) is 2.88. The maximum absolute atomic E-state index is 7.12. The summed E-state index contributed by atoms with van der Waals surface area (Å²) in [5, 5.41) is 0. The van der Waals surface area contributed by atoms with E-state index >= 15 is 0 Å². The van der Waals surface area contributed by atoms with Gasteiger partial charge in [0.15, 0.2) is 5.69 Å². The normalized spacial score (nSPS) is 10.4. The highest BCUT2D eigenvalue weighted by Gasteiger charge is 2.11. The number of hydrogen-bond acceptors (Lipinski definition) is 1. The fraction of sp³-hybridized carbons (Fsp3) is 0.125. The van der Waals surface area contributed by atoms with E-state index in [1.165, 1.54) is 5.69 Å². The van der Waals surface area contributed by atoms with Crippen molar-refractivity contribution >= 4 is 5.69 Å². The largest absolute Gasteiger partial charge is 0.353 e. The monoisotopic (exact) mass is 262 g/mol. The van der Waals surface area contributed by atoms with Crippen molar-refractivity contribution in [2.24, 2.45) is 7.05 Å². The maximum atomic E-state index is 7.12. The Morgan fingerprint density at radius 3 is 2.75 bits per heavy atom. The van der Waals surface area contributed by atoms with Crippen LogP contribution in [-0.2, 0) is 7.05 Å². The Morgan fingerprint density at radius 2 is 2.05 bits per heavy atom. The predicted molar refractivity (Wildman–Crippen MR) is 79.0 cm³/mol. The zero-order chi connectivity index (χ0) is 14.1. The highest BCUT2D eigenvalue weighted by molar-refractivity contribution is 5.65. The number of benzene rings is 1. The van der Waals surface area contributed by atoms with Crippen LogP contribution in [0.25, 0.3) is 21.9 Å². The van der Waals surface area contributed by atoms with Gasteiger partial charge < -0.3 is 4.57 Å². The number of aryl methyl sites for hydroxylation is 1. The molecule has 0 fully saturated rings. The van der Waals surface area contributed by atoms with Crippen molar-refractivity contribution in [3.8, 4) is 17.1 Å². The standard InChI is InChI=1S/C16H14N4/c1-12-15(7-9-19(12)3)20-10-8-18-16(20)13-5-4-6-14(11-13)17-2/h4-11H,1,3H3. The molecule has 0 spiro atoms. The number of nitrogens with zero attached hydrogens (tertiary/aromatic N) is 4. The lowest BCUT2D eigenvalue weighted by atomic mass is 10.2. The van der Waals surface area contributed by atoms with Gasteiger partial charge in [-0.25, -0.2) is 9.83 Å². The van der Waals surface area contributed by atoms with Crippen LogP contribution in [-0.4, -0.2) is 14.1 Å². The minimum atomic E-state index is 0.627. The Balaban J connectivity index is 2.15. The number of hydrogen-bond donors (Lipinski definition) is 0. The summed E-state index contributed by atoms with van der Waals surface area (Å²) >= 11 is 0. The van der Waals surface area contributed by atoms with Gasteiger partial charge in [-0.15, -0.1) is 0 Å². The summed E-state index contributed by atoms with van der Waals surface area (Å²) in [6.07, 6.45) is 5.76. The lowest BCUT2D eigenvalue weighted by Crippen LogP contribution is -1.98. The van der Waals surface area contributed by atoms with E-state index in [4.69, 9.17) is 6.57 Å². The van der Waals surface area contributed by atoms with E-state index in [-0.39, 0.29) is 0 Å². The highest BCUT2D eigenvalue weighted by Crippen LogP contribution is 2.26. The number of imidazole rings is 1. The summed E-state index contributed by atoms with van der Waals surface area (Å²) in [4.78, 5) is 7.91. The van der Waals surface area contributed by atoms with Gasteiger partial charge in [-0.3, -0.25) is 4.57 Å². The lowest BCUT2D eigenvalue weighted by Gasteiger charge is -2.08. The van der Waals surface area contributed by atoms with E-state index < -0.39 is 0 Å². The Hall–Kier alpha value is -2.80. The Morgan fingerprint density at radius 1 is 1.20 bits per heavy atom. The molecule has 20 heavy (non-hydrogen) atoms. The topological polar surface area (TPSA) is 27.1 Å². The molecule has 0 amide bonds. The van der Waals surface area contributed by atoms with Crippen molar-refractivity contribution in [1.29, 1.82) is 0 Å². The zero-order valence-corrected chi connectivity index (χ0v) is 11.4. The van der Waals surface area contributed by atoms with Gasteiger partial charge in [0.1, 0.15) is 5.82 Å². The third kappa shape index (κ3) is 1.90. The molecule has 0 unspecified atom stereocenters. The van der Waals surface area contributed by atoms with Crippen molar-refractivity contribution in [3.63, 3.8) is 0 Å². The Bertz CT molecular complexity index is 802. The summed E-state index contributed by atoms with van der Waals surface area (Å²) in [6.45, 7) is 9.19. The molecular formula is C16H14N4. The maximum Gasteiger partial charge on any atom is 0.187 e. The second-order valence-corrected chi connectivity index (χ2v) is 4.68. The van der Waals surface area contributed by atoms with Gasteiger partial charge in [0.25, 0.3) is 0 Å². The third-order valence-electron chi connectivity index (χ3n) is 3.49. The van der Waals surface area contributed by atoms with Crippen LogP contribution in [0.15, 0.2) is 48.9 Å². The minimum absolute atomic E-state index is 0.627. The van der Waals surface area contributed by atoms with Gasteiger partial charge in [0, 0.05) is 36.9 Å². The summed E-state index contributed by atoms with van der Waals surface area (Å²) in [7, 11) is 2.02. The predicted octanol–water partition coefficient (Wildman–Crippen LogP) is 3.74. The molecule has 98 valence electrons. The molecule has 2 aromatic heterocycles. The minimum Gasteiger partial charge on any atom is -0.353 e. The van der Waals surface area contributed by atoms with Crippen LogP contribution < -0.4 is 0 Å². The van der Waals surface area contributed by atoms with Crippen molar-refractivity contribution in [1.82, 2.24) is 14.1 Å². The number of aromatic nitrogens is 3. The van der Waals surface area contributed by atoms with Crippen molar-refractivity contribution < 1.29 is 0 Å². The van der Waals surface area contributed by atoms with E-state index in [9.17, 15) is 0 Å². The molecule has 4 nitrogen and oxygen atoms in total. The molecule has 0 radical (unpaired) electrons. The first-order valence-corrected chi connectivity index (χ1v) is 6.34. The van der Waals surface area contributed by atoms with Gasteiger partial charge in [-0.05, 0) is 19.1 Å². The summed E-state index contributed by atoms with van der Waals surface area (Å²) < 4.78 is 4.13. The molecule has 0 saturated heterocycles. The zero-order valence-electron chi connectivity index (χ0n) is 11.4. The molecule has 0 N–H and O–H groups in total. The average molecular weight is 262 g/mol. The van der Waals surface area contributed by atoms with Crippen LogP contribution in [0.1, 0.15) is 5.69 Å². The van der Waals surface area contributed by atoms with Gasteiger partial charge >= 0.3 is 0 Å². The first kappa shape index (κ1) is 12.2. The van der Waals surface area contributed by atoms with Gasteiger partial charge in [0.05, 0.1) is 12.3 Å². The van der Waals surface area contributed by atoms with E-state index in [0.29, 0.717) is 5.69 Å². The second kappa shape index (κ2) is 4.71. The molecule has 1 aromatic carbocycles. The van der Waals surface area contributed by atoms with Crippen LogP contribution in [0.3, 0.4) is 0 Å². The molecule has 0 aliphatic carbocycles. The van der Waals surface area contributed by atoms with Gasteiger partial charge in [-0.1, -0.05) is 18.2 Å². The quantitative estimate of drug-likeness (QED) is 0.646. The fourth-order valence-electron chi connectivity index (χ4n) is 2.28. The molecule has 0 saturated carbocycles. The molecule has 3 aromatic rings. The average Bonchev–Trinajstić information content (AvgIpc) is 3.07. The van der Waals surface area contributed by atoms with Crippen LogP contribution in [0.5, 0.6) is 0 Å². The van der Waals surface area contributed by atoms with Crippen LogP contribution >= 0.6 is 0 Å². The SMILES string of the molecule is [C-]#[N+]c1cccc(-c2nccn2-c2ccn(C)c2C)c1. The molecule has 4 heteroatoms. The van der Waals surface area contributed by atoms with E-state index in [1.54, 1.807) is 12.3 Å². The van der Waals surface area contributed by atoms with Crippen molar-refractivity contribution in [3.05, 3.63) is 66.0 Å². The first-order valence-electron chi connectivity index (χ1n) is 6.34. The van der Waals surface area contributed by atoms with Gasteiger partial charge in [0.2, 0.25) is 0 Å². The molecule has 3 rings (SSSR count). The van der Waals surface area contributed by atoms with Crippen LogP contribution in [0.4, 0.5) is 5.69 Å². The summed E-state index contributed by atoms with van der Waals surface area (Å²) in [5.41, 5.74) is 3.85. The van der Waals surface area contributed by atoms with E-state index in [0.717, 1.165) is 17.1 Å².